The molecule has 0 aromatic carbocycles. The van der Waals surface area contributed by atoms with Crippen LogP contribution in [0.5, 0.6) is 11.6 Å². The van der Waals surface area contributed by atoms with Crippen LogP contribution in [0.1, 0.15) is 90.9 Å². The third kappa shape index (κ3) is 7.68. The summed E-state index contributed by atoms with van der Waals surface area (Å²) in [5.41, 5.74) is -0.248. The van der Waals surface area contributed by atoms with Crippen molar-refractivity contribution < 1.29 is 14.3 Å². The number of ether oxygens (including phenoxy) is 2. The second-order valence-electron chi connectivity index (χ2n) is 8.29. The summed E-state index contributed by atoms with van der Waals surface area (Å²) in [6, 6.07) is 6.03. The molecule has 29 heavy (non-hydrogen) atoms. The quantitative estimate of drug-likeness (QED) is 0.307. The molecular weight excluding hydrogens is 364 g/mol. The molecular formula is C24H36N2O3. The van der Waals surface area contributed by atoms with Crippen LogP contribution in [0.25, 0.3) is 0 Å². The van der Waals surface area contributed by atoms with E-state index in [0.717, 1.165) is 51.4 Å². The molecule has 0 unspecified atom stereocenters. The first-order chi connectivity index (χ1) is 14.1. The predicted octanol–water partition coefficient (Wildman–Crippen LogP) is 6.23. The SMILES string of the molecule is CCCCCCCC1(C#N)CCC(C(=O)Oc2ccc(OCCCC)nc2)CC1. The van der Waals surface area contributed by atoms with Crippen molar-refractivity contribution in [2.75, 3.05) is 6.61 Å². The molecule has 1 heterocycles. The maximum atomic E-state index is 12.5. The normalized spacial score (nSPS) is 21.3. The lowest BCUT2D eigenvalue weighted by atomic mass is 9.69. The fraction of sp³-hybridized carbons (Fsp3) is 0.708. The van der Waals surface area contributed by atoms with Gasteiger partial charge in [-0.1, -0.05) is 52.4 Å². The van der Waals surface area contributed by atoms with Crippen molar-refractivity contribution in [3.63, 3.8) is 0 Å². The van der Waals surface area contributed by atoms with Crippen molar-refractivity contribution >= 4 is 5.97 Å². The highest BCUT2D eigenvalue weighted by molar-refractivity contribution is 5.75. The summed E-state index contributed by atoms with van der Waals surface area (Å²) in [4.78, 5) is 16.7. The summed E-state index contributed by atoms with van der Waals surface area (Å²) in [5, 5.41) is 9.72. The highest BCUT2D eigenvalue weighted by Gasteiger charge is 2.37. The molecule has 160 valence electrons. The van der Waals surface area contributed by atoms with Crippen LogP contribution in [0.2, 0.25) is 0 Å². The van der Waals surface area contributed by atoms with Crippen molar-refractivity contribution in [2.45, 2.75) is 90.9 Å². The number of nitriles is 1. The lowest BCUT2D eigenvalue weighted by molar-refractivity contribution is -0.140. The van der Waals surface area contributed by atoms with Gasteiger partial charge >= 0.3 is 5.97 Å². The van der Waals surface area contributed by atoms with Crippen molar-refractivity contribution in [1.29, 1.82) is 5.26 Å². The van der Waals surface area contributed by atoms with E-state index in [4.69, 9.17) is 9.47 Å². The van der Waals surface area contributed by atoms with Crippen LogP contribution >= 0.6 is 0 Å². The van der Waals surface area contributed by atoms with Crippen LogP contribution in [0, 0.1) is 22.7 Å². The summed E-state index contributed by atoms with van der Waals surface area (Å²) < 4.78 is 11.1. The lowest BCUT2D eigenvalue weighted by Crippen LogP contribution is -2.31. The third-order valence-electron chi connectivity index (χ3n) is 5.95. The first-order valence-corrected chi connectivity index (χ1v) is 11.3. The number of nitrogens with zero attached hydrogens (tertiary/aromatic N) is 2. The standard InChI is InChI=1S/C24H36N2O3/c1-3-5-7-8-9-14-24(19-25)15-12-20(13-16-24)23(27)29-21-10-11-22(26-18-21)28-17-6-4-2/h10-11,18,20H,3-9,12-17H2,1-2H3. The van der Waals surface area contributed by atoms with E-state index < -0.39 is 0 Å². The molecule has 0 N–H and O–H groups in total. The maximum absolute atomic E-state index is 12.5. The molecule has 1 aliphatic rings. The van der Waals surface area contributed by atoms with E-state index in [-0.39, 0.29) is 17.3 Å². The Labute approximate surface area is 175 Å². The largest absolute Gasteiger partial charge is 0.478 e. The summed E-state index contributed by atoms with van der Waals surface area (Å²) in [5.74, 6) is 0.664. The van der Waals surface area contributed by atoms with Gasteiger partial charge in [0.2, 0.25) is 5.88 Å². The summed E-state index contributed by atoms with van der Waals surface area (Å²) in [7, 11) is 0. The minimum absolute atomic E-state index is 0.128. The molecule has 1 fully saturated rings. The molecule has 1 aliphatic carbocycles. The molecule has 0 atom stereocenters. The van der Waals surface area contributed by atoms with Gasteiger partial charge in [-0.05, 0) is 44.6 Å². The van der Waals surface area contributed by atoms with E-state index in [0.29, 0.717) is 18.2 Å². The van der Waals surface area contributed by atoms with Crippen molar-refractivity contribution in [3.05, 3.63) is 18.3 Å². The van der Waals surface area contributed by atoms with E-state index >= 15 is 0 Å². The maximum Gasteiger partial charge on any atom is 0.314 e. The third-order valence-corrected chi connectivity index (χ3v) is 5.95. The smallest absolute Gasteiger partial charge is 0.314 e. The van der Waals surface area contributed by atoms with Crippen LogP contribution in [0.15, 0.2) is 18.3 Å². The highest BCUT2D eigenvalue weighted by atomic mass is 16.5. The van der Waals surface area contributed by atoms with Crippen LogP contribution in [-0.4, -0.2) is 17.6 Å². The number of hydrogen-bond donors (Lipinski definition) is 0. The van der Waals surface area contributed by atoms with Gasteiger partial charge in [-0.25, -0.2) is 4.98 Å². The number of aromatic nitrogens is 1. The van der Waals surface area contributed by atoms with E-state index in [9.17, 15) is 10.1 Å². The average molecular weight is 401 g/mol. The number of carbonyl (C=O) groups is 1. The molecule has 5 nitrogen and oxygen atoms in total. The van der Waals surface area contributed by atoms with Gasteiger partial charge in [0.1, 0.15) is 5.75 Å². The number of unbranched alkanes of at least 4 members (excludes halogenated alkanes) is 5. The van der Waals surface area contributed by atoms with Gasteiger partial charge in [-0.3, -0.25) is 4.79 Å². The Kier molecular flexibility index (Phi) is 9.97. The van der Waals surface area contributed by atoms with Gasteiger partial charge in [0.25, 0.3) is 0 Å². The van der Waals surface area contributed by atoms with E-state index in [1.54, 1.807) is 12.1 Å². The Balaban J connectivity index is 1.76. The number of pyridine rings is 1. The molecule has 5 heteroatoms. The predicted molar refractivity (Wildman–Crippen MR) is 114 cm³/mol. The van der Waals surface area contributed by atoms with Crippen LogP contribution in [0.3, 0.4) is 0 Å². The zero-order valence-electron chi connectivity index (χ0n) is 18.1. The van der Waals surface area contributed by atoms with Crippen molar-refractivity contribution in [1.82, 2.24) is 4.98 Å². The molecule has 1 aromatic rings. The minimum Gasteiger partial charge on any atom is -0.478 e. The second-order valence-corrected chi connectivity index (χ2v) is 8.29. The van der Waals surface area contributed by atoms with Gasteiger partial charge in [-0.2, -0.15) is 5.26 Å². The fourth-order valence-corrected chi connectivity index (χ4v) is 3.92. The molecule has 0 spiro atoms. The Morgan fingerprint density at radius 1 is 1.14 bits per heavy atom. The van der Waals surface area contributed by atoms with E-state index in [1.807, 2.05) is 0 Å². The number of hydrogen-bond acceptors (Lipinski definition) is 5. The molecule has 0 aliphatic heterocycles. The van der Waals surface area contributed by atoms with Crippen LogP contribution in [0.4, 0.5) is 0 Å². The molecule has 2 rings (SSSR count). The molecule has 0 bridgehead atoms. The molecule has 0 radical (unpaired) electrons. The lowest BCUT2D eigenvalue weighted by Gasteiger charge is -2.34. The number of carbonyl (C=O) groups excluding carboxylic acids is 1. The van der Waals surface area contributed by atoms with Gasteiger partial charge in [0.05, 0.1) is 30.2 Å². The molecule has 1 saturated carbocycles. The topological polar surface area (TPSA) is 72.2 Å². The van der Waals surface area contributed by atoms with E-state index in [2.05, 4.69) is 24.9 Å². The Hall–Kier alpha value is -2.09. The van der Waals surface area contributed by atoms with Gasteiger partial charge in [0, 0.05) is 6.07 Å². The summed E-state index contributed by atoms with van der Waals surface area (Å²) in [6.45, 7) is 4.96. The Morgan fingerprint density at radius 2 is 1.86 bits per heavy atom. The van der Waals surface area contributed by atoms with Crippen LogP contribution in [-0.2, 0) is 4.79 Å². The van der Waals surface area contributed by atoms with Gasteiger partial charge < -0.3 is 9.47 Å². The molecule has 1 aromatic heterocycles. The first-order valence-electron chi connectivity index (χ1n) is 11.3. The average Bonchev–Trinajstić information content (AvgIpc) is 2.75. The van der Waals surface area contributed by atoms with Crippen LogP contribution < -0.4 is 9.47 Å². The van der Waals surface area contributed by atoms with Gasteiger partial charge in [0.15, 0.2) is 0 Å². The fourth-order valence-electron chi connectivity index (χ4n) is 3.92. The van der Waals surface area contributed by atoms with Crippen molar-refractivity contribution in [3.8, 4) is 17.7 Å². The van der Waals surface area contributed by atoms with E-state index in [1.165, 1.54) is 31.9 Å². The first kappa shape index (κ1) is 23.2. The zero-order valence-corrected chi connectivity index (χ0v) is 18.1. The monoisotopic (exact) mass is 400 g/mol. The minimum atomic E-state index is -0.248. The Bertz CT molecular complexity index is 643. The number of esters is 1. The summed E-state index contributed by atoms with van der Waals surface area (Å²) in [6.07, 6.45) is 13.7. The zero-order chi connectivity index (χ0) is 21.0. The Morgan fingerprint density at radius 3 is 2.48 bits per heavy atom. The highest BCUT2D eigenvalue weighted by Crippen LogP contribution is 2.42. The van der Waals surface area contributed by atoms with Crippen molar-refractivity contribution in [2.24, 2.45) is 11.3 Å². The second kappa shape index (κ2) is 12.5. The number of rotatable bonds is 12. The molecule has 0 saturated heterocycles. The molecule has 0 amide bonds. The summed E-state index contributed by atoms with van der Waals surface area (Å²) >= 11 is 0. The van der Waals surface area contributed by atoms with Gasteiger partial charge in [-0.15, -0.1) is 0 Å².